The summed E-state index contributed by atoms with van der Waals surface area (Å²) < 4.78 is 5.54. The lowest BCUT2D eigenvalue weighted by Crippen LogP contribution is -2.19. The van der Waals surface area contributed by atoms with Crippen LogP contribution in [-0.4, -0.2) is 45.6 Å². The van der Waals surface area contributed by atoms with Gasteiger partial charge in [0.15, 0.2) is 0 Å². The highest BCUT2D eigenvalue weighted by atomic mass is 16.5. The standard InChI is InChI=1S/C12H18N2O2/c1-13(2)8-9-16-12-6-4-11(5-7-12)14(3)10-15/h4-7,10H,8-9H2,1-3H3. The van der Waals surface area contributed by atoms with Gasteiger partial charge in [0, 0.05) is 19.3 Å². The van der Waals surface area contributed by atoms with Crippen molar-refractivity contribution in [3.63, 3.8) is 0 Å². The number of carbonyl (C=O) groups excluding carboxylic acids is 1. The highest BCUT2D eigenvalue weighted by Gasteiger charge is 1.99. The molecule has 1 rings (SSSR count). The third-order valence-corrected chi connectivity index (χ3v) is 2.21. The highest BCUT2D eigenvalue weighted by molar-refractivity contribution is 5.74. The van der Waals surface area contributed by atoms with Gasteiger partial charge in [-0.2, -0.15) is 0 Å². The Bertz CT molecular complexity index is 322. The van der Waals surface area contributed by atoms with Crippen molar-refractivity contribution in [3.05, 3.63) is 24.3 Å². The van der Waals surface area contributed by atoms with E-state index in [0.29, 0.717) is 6.61 Å². The first kappa shape index (κ1) is 12.5. The molecule has 16 heavy (non-hydrogen) atoms. The molecule has 0 fully saturated rings. The molecule has 4 heteroatoms. The van der Waals surface area contributed by atoms with Gasteiger partial charge in [0.25, 0.3) is 0 Å². The number of ether oxygens (including phenoxy) is 1. The molecule has 4 nitrogen and oxygen atoms in total. The van der Waals surface area contributed by atoms with E-state index in [9.17, 15) is 4.79 Å². The Kier molecular flexibility index (Phi) is 4.79. The van der Waals surface area contributed by atoms with Gasteiger partial charge in [0.1, 0.15) is 12.4 Å². The van der Waals surface area contributed by atoms with Crippen LogP contribution in [0.1, 0.15) is 0 Å². The first-order valence-corrected chi connectivity index (χ1v) is 5.19. The number of rotatable bonds is 6. The van der Waals surface area contributed by atoms with Gasteiger partial charge in [-0.25, -0.2) is 0 Å². The Hall–Kier alpha value is -1.55. The van der Waals surface area contributed by atoms with Crippen LogP contribution >= 0.6 is 0 Å². The zero-order valence-corrected chi connectivity index (χ0v) is 10.0. The smallest absolute Gasteiger partial charge is 0.213 e. The van der Waals surface area contributed by atoms with E-state index in [-0.39, 0.29) is 0 Å². The highest BCUT2D eigenvalue weighted by Crippen LogP contribution is 2.17. The van der Waals surface area contributed by atoms with Crippen LogP contribution in [0.25, 0.3) is 0 Å². The maximum atomic E-state index is 10.5. The second-order valence-corrected chi connectivity index (χ2v) is 3.86. The molecule has 1 aromatic carbocycles. The average molecular weight is 222 g/mol. The lowest BCUT2D eigenvalue weighted by molar-refractivity contribution is -0.107. The van der Waals surface area contributed by atoms with E-state index < -0.39 is 0 Å². The van der Waals surface area contributed by atoms with Crippen LogP contribution in [0, 0.1) is 0 Å². The number of anilines is 1. The Morgan fingerprint density at radius 2 is 1.81 bits per heavy atom. The molecule has 0 heterocycles. The maximum absolute atomic E-state index is 10.5. The predicted molar refractivity (Wildman–Crippen MR) is 65.0 cm³/mol. The van der Waals surface area contributed by atoms with E-state index in [1.54, 1.807) is 7.05 Å². The van der Waals surface area contributed by atoms with E-state index >= 15 is 0 Å². The topological polar surface area (TPSA) is 32.8 Å². The maximum Gasteiger partial charge on any atom is 0.213 e. The number of likely N-dealkylation sites (N-methyl/N-ethyl adjacent to an activating group) is 1. The second-order valence-electron chi connectivity index (χ2n) is 3.86. The van der Waals surface area contributed by atoms with E-state index in [4.69, 9.17) is 4.74 Å². The molecule has 1 aromatic rings. The molecule has 0 unspecified atom stereocenters. The van der Waals surface area contributed by atoms with Gasteiger partial charge in [-0.05, 0) is 38.4 Å². The van der Waals surface area contributed by atoms with Gasteiger partial charge in [0.2, 0.25) is 6.41 Å². The molecule has 0 radical (unpaired) electrons. The zero-order valence-electron chi connectivity index (χ0n) is 10.0. The minimum atomic E-state index is 0.663. The summed E-state index contributed by atoms with van der Waals surface area (Å²) in [4.78, 5) is 14.1. The number of hydrogen-bond donors (Lipinski definition) is 0. The zero-order chi connectivity index (χ0) is 12.0. The summed E-state index contributed by atoms with van der Waals surface area (Å²) in [5.41, 5.74) is 0.856. The number of amides is 1. The molecule has 0 saturated heterocycles. The first-order valence-electron chi connectivity index (χ1n) is 5.19. The number of benzene rings is 1. The summed E-state index contributed by atoms with van der Waals surface area (Å²) in [5.74, 6) is 0.824. The SMILES string of the molecule is CN(C)CCOc1ccc(N(C)C=O)cc1. The summed E-state index contributed by atoms with van der Waals surface area (Å²) >= 11 is 0. The largest absolute Gasteiger partial charge is 0.492 e. The average Bonchev–Trinajstić information content (AvgIpc) is 2.28. The third kappa shape index (κ3) is 3.90. The summed E-state index contributed by atoms with van der Waals surface area (Å²) in [6.07, 6.45) is 0.780. The van der Waals surface area contributed by atoms with E-state index in [1.165, 1.54) is 4.90 Å². The molecule has 0 saturated carbocycles. The van der Waals surface area contributed by atoms with Crippen molar-refractivity contribution >= 4 is 12.1 Å². The van der Waals surface area contributed by atoms with Crippen LogP contribution in [-0.2, 0) is 4.79 Å². The van der Waals surface area contributed by atoms with Crippen LogP contribution in [0.5, 0.6) is 5.75 Å². The molecular weight excluding hydrogens is 204 g/mol. The molecule has 0 aliphatic heterocycles. The van der Waals surface area contributed by atoms with Crippen molar-refractivity contribution in [2.75, 3.05) is 39.2 Å². The van der Waals surface area contributed by atoms with Crippen molar-refractivity contribution in [2.24, 2.45) is 0 Å². The lowest BCUT2D eigenvalue weighted by atomic mass is 10.3. The van der Waals surface area contributed by atoms with Crippen LogP contribution in [0.2, 0.25) is 0 Å². The van der Waals surface area contributed by atoms with E-state index in [2.05, 4.69) is 4.90 Å². The molecule has 0 N–H and O–H groups in total. The molecule has 0 bridgehead atoms. The van der Waals surface area contributed by atoms with Crippen LogP contribution in [0.15, 0.2) is 24.3 Å². The van der Waals surface area contributed by atoms with Crippen molar-refractivity contribution in [3.8, 4) is 5.75 Å². The fraction of sp³-hybridized carbons (Fsp3) is 0.417. The molecular formula is C12H18N2O2. The van der Waals surface area contributed by atoms with Crippen molar-refractivity contribution in [1.29, 1.82) is 0 Å². The molecule has 0 atom stereocenters. The van der Waals surface area contributed by atoms with Gasteiger partial charge >= 0.3 is 0 Å². The first-order chi connectivity index (χ1) is 7.63. The van der Waals surface area contributed by atoms with Gasteiger partial charge in [0.05, 0.1) is 0 Å². The molecule has 1 amide bonds. The summed E-state index contributed by atoms with van der Waals surface area (Å²) in [5, 5.41) is 0. The molecule has 88 valence electrons. The summed E-state index contributed by atoms with van der Waals surface area (Å²) in [6, 6.07) is 7.45. The monoisotopic (exact) mass is 222 g/mol. The predicted octanol–water partition coefficient (Wildman–Crippen LogP) is 1.22. The molecule has 0 aliphatic rings. The van der Waals surface area contributed by atoms with Crippen molar-refractivity contribution in [2.45, 2.75) is 0 Å². The summed E-state index contributed by atoms with van der Waals surface area (Å²) in [7, 11) is 5.73. The van der Waals surface area contributed by atoms with Crippen LogP contribution < -0.4 is 9.64 Å². The molecule has 0 aromatic heterocycles. The Morgan fingerprint density at radius 1 is 1.19 bits per heavy atom. The second kappa shape index (κ2) is 6.12. The minimum Gasteiger partial charge on any atom is -0.492 e. The Morgan fingerprint density at radius 3 is 2.31 bits per heavy atom. The van der Waals surface area contributed by atoms with Gasteiger partial charge < -0.3 is 14.5 Å². The van der Waals surface area contributed by atoms with Crippen molar-refractivity contribution < 1.29 is 9.53 Å². The van der Waals surface area contributed by atoms with E-state index in [0.717, 1.165) is 24.4 Å². The Labute approximate surface area is 96.4 Å². The number of carbonyl (C=O) groups is 1. The fourth-order valence-corrected chi connectivity index (χ4v) is 1.18. The van der Waals surface area contributed by atoms with E-state index in [1.807, 2.05) is 38.4 Å². The van der Waals surface area contributed by atoms with Gasteiger partial charge in [-0.15, -0.1) is 0 Å². The molecule has 0 spiro atoms. The quantitative estimate of drug-likeness (QED) is 0.678. The number of hydrogen-bond acceptors (Lipinski definition) is 3. The number of nitrogens with zero attached hydrogens (tertiary/aromatic N) is 2. The third-order valence-electron chi connectivity index (χ3n) is 2.21. The normalized spacial score (nSPS) is 10.2. The fourth-order valence-electron chi connectivity index (χ4n) is 1.18. The van der Waals surface area contributed by atoms with Gasteiger partial charge in [-0.3, -0.25) is 4.79 Å². The lowest BCUT2D eigenvalue weighted by Gasteiger charge is -2.13. The Balaban J connectivity index is 2.48. The van der Waals surface area contributed by atoms with Crippen LogP contribution in [0.3, 0.4) is 0 Å². The van der Waals surface area contributed by atoms with Gasteiger partial charge in [-0.1, -0.05) is 0 Å². The molecule has 0 aliphatic carbocycles. The van der Waals surface area contributed by atoms with Crippen LogP contribution in [0.4, 0.5) is 5.69 Å². The minimum absolute atomic E-state index is 0.663. The van der Waals surface area contributed by atoms with Crippen molar-refractivity contribution in [1.82, 2.24) is 4.90 Å². The summed E-state index contributed by atoms with van der Waals surface area (Å²) in [6.45, 7) is 1.55.